The number of benzene rings is 1. The lowest BCUT2D eigenvalue weighted by atomic mass is 10.2. The first-order valence-electron chi connectivity index (χ1n) is 6.81. The Morgan fingerprint density at radius 1 is 1.36 bits per heavy atom. The molecule has 1 amide bonds. The van der Waals surface area contributed by atoms with E-state index in [2.05, 4.69) is 20.8 Å². The maximum Gasteiger partial charge on any atom is 0.230 e. The molecule has 1 aromatic heterocycles. The molecule has 0 fully saturated rings. The van der Waals surface area contributed by atoms with Crippen molar-refractivity contribution >= 4 is 34.1 Å². The van der Waals surface area contributed by atoms with Crippen molar-refractivity contribution in [2.24, 2.45) is 0 Å². The van der Waals surface area contributed by atoms with Crippen molar-refractivity contribution in [2.45, 2.75) is 17.8 Å². The number of hydrogen-bond donors (Lipinski definition) is 2. The van der Waals surface area contributed by atoms with E-state index in [-0.39, 0.29) is 5.91 Å². The van der Waals surface area contributed by atoms with Crippen molar-refractivity contribution in [1.82, 2.24) is 15.5 Å². The zero-order valence-electron chi connectivity index (χ0n) is 12.5. The van der Waals surface area contributed by atoms with Crippen LogP contribution in [0, 0.1) is 0 Å². The molecule has 1 heterocycles. The number of nitrogens with zero attached hydrogens (tertiary/aromatic N) is 2. The van der Waals surface area contributed by atoms with Crippen molar-refractivity contribution < 1.29 is 9.53 Å². The Kier molecular flexibility index (Phi) is 6.47. The number of anilines is 1. The topological polar surface area (TPSA) is 76.1 Å². The molecule has 2 aromatic rings. The first-order chi connectivity index (χ1) is 10.7. The number of ether oxygens (including phenoxy) is 1. The molecule has 0 saturated heterocycles. The first kappa shape index (κ1) is 16.6. The first-order valence-corrected chi connectivity index (χ1v) is 8.62. The number of thioether (sulfide) groups is 1. The molecule has 8 heteroatoms. The molecule has 1 aromatic carbocycles. The van der Waals surface area contributed by atoms with Gasteiger partial charge in [-0.15, -0.1) is 10.2 Å². The molecule has 2 N–H and O–H groups in total. The van der Waals surface area contributed by atoms with Gasteiger partial charge in [-0.1, -0.05) is 41.3 Å². The molecule has 0 aliphatic heterocycles. The van der Waals surface area contributed by atoms with Gasteiger partial charge in [0.1, 0.15) is 5.75 Å². The van der Waals surface area contributed by atoms with Gasteiger partial charge in [0, 0.05) is 18.7 Å². The number of amides is 1. The maximum absolute atomic E-state index is 11.9. The summed E-state index contributed by atoms with van der Waals surface area (Å²) in [5.41, 5.74) is 0.952. The molecule has 0 saturated carbocycles. The van der Waals surface area contributed by atoms with Crippen LogP contribution in [0.25, 0.3) is 0 Å². The van der Waals surface area contributed by atoms with Gasteiger partial charge in [0.05, 0.1) is 12.9 Å². The molecule has 118 valence electrons. The molecule has 6 nitrogen and oxygen atoms in total. The highest BCUT2D eigenvalue weighted by atomic mass is 32.2. The van der Waals surface area contributed by atoms with Gasteiger partial charge in [-0.2, -0.15) is 0 Å². The molecule has 0 radical (unpaired) electrons. The predicted octanol–water partition coefficient (Wildman–Crippen LogP) is 2.39. The molecule has 0 aliphatic carbocycles. The van der Waals surface area contributed by atoms with Crippen LogP contribution >= 0.6 is 23.1 Å². The smallest absolute Gasteiger partial charge is 0.230 e. The second kappa shape index (κ2) is 8.60. The summed E-state index contributed by atoms with van der Waals surface area (Å²) in [7, 11) is 1.62. The summed E-state index contributed by atoms with van der Waals surface area (Å²) in [4.78, 5) is 11.9. The fraction of sp³-hybridized carbons (Fsp3) is 0.357. The number of carbonyl (C=O) groups excluding carboxylic acids is 1. The highest BCUT2D eigenvalue weighted by Crippen LogP contribution is 2.25. The number of methoxy groups -OCH3 is 1. The summed E-state index contributed by atoms with van der Waals surface area (Å²) in [6.07, 6.45) is 0. The van der Waals surface area contributed by atoms with Crippen molar-refractivity contribution in [3.8, 4) is 5.75 Å². The van der Waals surface area contributed by atoms with E-state index in [4.69, 9.17) is 4.74 Å². The summed E-state index contributed by atoms with van der Waals surface area (Å²) < 4.78 is 6.03. The zero-order chi connectivity index (χ0) is 15.8. The normalized spacial score (nSPS) is 10.3. The number of nitrogens with one attached hydrogen (secondary N) is 2. The van der Waals surface area contributed by atoms with Crippen LogP contribution in [-0.4, -0.2) is 35.5 Å². The number of aromatic nitrogens is 2. The molecule has 0 atom stereocenters. The number of rotatable bonds is 8. The maximum atomic E-state index is 11.9. The minimum absolute atomic E-state index is 0.0453. The molecular weight excluding hydrogens is 320 g/mol. The van der Waals surface area contributed by atoms with Crippen LogP contribution in [0.15, 0.2) is 28.6 Å². The second-order valence-corrected chi connectivity index (χ2v) is 6.48. The Morgan fingerprint density at radius 2 is 2.18 bits per heavy atom. The van der Waals surface area contributed by atoms with Gasteiger partial charge in [-0.05, 0) is 13.0 Å². The second-order valence-electron chi connectivity index (χ2n) is 4.28. The van der Waals surface area contributed by atoms with Gasteiger partial charge in [-0.3, -0.25) is 4.79 Å². The van der Waals surface area contributed by atoms with Crippen LogP contribution in [0.4, 0.5) is 5.13 Å². The van der Waals surface area contributed by atoms with Gasteiger partial charge >= 0.3 is 0 Å². The summed E-state index contributed by atoms with van der Waals surface area (Å²) in [5, 5.41) is 14.8. The largest absolute Gasteiger partial charge is 0.496 e. The Hall–Kier alpha value is -1.80. The fourth-order valence-electron chi connectivity index (χ4n) is 1.71. The van der Waals surface area contributed by atoms with E-state index in [1.54, 1.807) is 7.11 Å². The minimum Gasteiger partial charge on any atom is -0.496 e. The average molecular weight is 338 g/mol. The number of para-hydroxylation sites is 1. The van der Waals surface area contributed by atoms with Gasteiger partial charge in [0.25, 0.3) is 0 Å². The van der Waals surface area contributed by atoms with E-state index in [9.17, 15) is 4.79 Å². The van der Waals surface area contributed by atoms with Gasteiger partial charge < -0.3 is 15.4 Å². The minimum atomic E-state index is -0.0453. The van der Waals surface area contributed by atoms with Crippen LogP contribution in [-0.2, 0) is 11.3 Å². The molecular formula is C14H18N4O2S2. The lowest BCUT2D eigenvalue weighted by Crippen LogP contribution is -2.24. The highest BCUT2D eigenvalue weighted by molar-refractivity contribution is 8.01. The SMILES string of the molecule is CCNc1nnc(SCC(=O)NCc2ccccc2OC)s1. The van der Waals surface area contributed by atoms with E-state index in [0.29, 0.717) is 12.3 Å². The number of carbonyl (C=O) groups is 1. The Balaban J connectivity index is 1.78. The van der Waals surface area contributed by atoms with E-state index in [0.717, 1.165) is 27.3 Å². The lowest BCUT2D eigenvalue weighted by molar-refractivity contribution is -0.118. The van der Waals surface area contributed by atoms with Crippen LogP contribution in [0.5, 0.6) is 5.75 Å². The highest BCUT2D eigenvalue weighted by Gasteiger charge is 2.08. The van der Waals surface area contributed by atoms with Crippen LogP contribution in [0.3, 0.4) is 0 Å². The van der Waals surface area contributed by atoms with Gasteiger partial charge in [0.2, 0.25) is 11.0 Å². The standard InChI is InChI=1S/C14H18N4O2S2/c1-3-15-13-17-18-14(22-13)21-9-12(19)16-8-10-6-4-5-7-11(10)20-2/h4-7H,3,8-9H2,1-2H3,(H,15,17)(H,16,19). The van der Waals surface area contributed by atoms with Crippen molar-refractivity contribution in [3.63, 3.8) is 0 Å². The molecule has 0 bridgehead atoms. The molecule has 0 aliphatic rings. The van der Waals surface area contributed by atoms with Gasteiger partial charge in [-0.25, -0.2) is 0 Å². The van der Waals surface area contributed by atoms with E-state index in [1.165, 1.54) is 23.1 Å². The van der Waals surface area contributed by atoms with Crippen LogP contribution in [0.1, 0.15) is 12.5 Å². The van der Waals surface area contributed by atoms with Gasteiger partial charge in [0.15, 0.2) is 4.34 Å². The Morgan fingerprint density at radius 3 is 2.95 bits per heavy atom. The average Bonchev–Trinajstić information content (AvgIpc) is 2.99. The quantitative estimate of drug-likeness (QED) is 0.720. The number of hydrogen-bond acceptors (Lipinski definition) is 7. The van der Waals surface area contributed by atoms with Crippen LogP contribution < -0.4 is 15.4 Å². The molecule has 2 rings (SSSR count). The third-order valence-electron chi connectivity index (χ3n) is 2.73. The predicted molar refractivity (Wildman–Crippen MR) is 89.6 cm³/mol. The van der Waals surface area contributed by atoms with E-state index < -0.39 is 0 Å². The molecule has 0 spiro atoms. The van der Waals surface area contributed by atoms with Crippen molar-refractivity contribution in [3.05, 3.63) is 29.8 Å². The summed E-state index contributed by atoms with van der Waals surface area (Å²) in [6.45, 7) is 3.25. The monoisotopic (exact) mass is 338 g/mol. The van der Waals surface area contributed by atoms with E-state index in [1.807, 2.05) is 31.2 Å². The summed E-state index contributed by atoms with van der Waals surface area (Å²) in [6, 6.07) is 7.62. The van der Waals surface area contributed by atoms with Crippen molar-refractivity contribution in [1.29, 1.82) is 0 Å². The zero-order valence-corrected chi connectivity index (χ0v) is 14.1. The van der Waals surface area contributed by atoms with E-state index >= 15 is 0 Å². The Bertz CT molecular complexity index is 618. The molecule has 22 heavy (non-hydrogen) atoms. The summed E-state index contributed by atoms with van der Waals surface area (Å²) >= 11 is 2.83. The van der Waals surface area contributed by atoms with Crippen LogP contribution in [0.2, 0.25) is 0 Å². The third kappa shape index (κ3) is 4.88. The fourth-order valence-corrected chi connectivity index (χ4v) is 3.36. The third-order valence-corrected chi connectivity index (χ3v) is 4.74. The summed E-state index contributed by atoms with van der Waals surface area (Å²) in [5.74, 6) is 1.04. The lowest BCUT2D eigenvalue weighted by Gasteiger charge is -2.09. The molecule has 0 unspecified atom stereocenters. The Labute approximate surface area is 137 Å². The van der Waals surface area contributed by atoms with Crippen molar-refractivity contribution in [2.75, 3.05) is 24.7 Å².